The number of aryl methyl sites for hydroxylation is 1. The number of rotatable bonds is 1. The van der Waals surface area contributed by atoms with Crippen molar-refractivity contribution in [2.24, 2.45) is 0 Å². The van der Waals surface area contributed by atoms with Gasteiger partial charge in [-0.3, -0.25) is 0 Å². The summed E-state index contributed by atoms with van der Waals surface area (Å²) in [5.41, 5.74) is 2.64. The highest BCUT2D eigenvalue weighted by Crippen LogP contribution is 2.14. The van der Waals surface area contributed by atoms with Crippen LogP contribution in [0.1, 0.15) is 26.3 Å². The van der Waals surface area contributed by atoms with Crippen molar-refractivity contribution in [1.29, 1.82) is 0 Å². The lowest BCUT2D eigenvalue weighted by Crippen LogP contribution is -2.25. The van der Waals surface area contributed by atoms with Gasteiger partial charge in [0.2, 0.25) is 0 Å². The van der Waals surface area contributed by atoms with Crippen molar-refractivity contribution >= 4 is 5.69 Å². The molecule has 0 radical (unpaired) electrons. The molecule has 1 aromatic rings. The van der Waals surface area contributed by atoms with E-state index in [1.807, 2.05) is 0 Å². The molecule has 0 unspecified atom stereocenters. The normalized spacial score (nSPS) is 11.3. The maximum atomic E-state index is 3.41. The second kappa shape index (κ2) is 3.18. The zero-order valence-corrected chi connectivity index (χ0v) is 8.31. The summed E-state index contributed by atoms with van der Waals surface area (Å²) in [6.45, 7) is 8.58. The van der Waals surface area contributed by atoms with E-state index < -0.39 is 0 Å². The molecule has 1 N–H and O–H groups in total. The molecule has 0 saturated carbocycles. The van der Waals surface area contributed by atoms with Gasteiger partial charge in [-0.15, -0.1) is 0 Å². The van der Waals surface area contributed by atoms with Gasteiger partial charge in [-0.05, 0) is 39.8 Å². The number of anilines is 1. The number of benzene rings is 1. The molecule has 0 fully saturated rings. The molecule has 0 spiro atoms. The predicted molar refractivity (Wildman–Crippen MR) is 54.6 cm³/mol. The lowest BCUT2D eigenvalue weighted by Gasteiger charge is -2.22. The summed E-state index contributed by atoms with van der Waals surface area (Å²) < 4.78 is 0. The molecule has 1 heteroatoms. The topological polar surface area (TPSA) is 12.0 Å². The van der Waals surface area contributed by atoms with Crippen LogP contribution in [0.25, 0.3) is 0 Å². The second-order valence-electron chi connectivity index (χ2n) is 4.24. The zero-order valence-electron chi connectivity index (χ0n) is 8.31. The smallest absolute Gasteiger partial charge is 0.0344 e. The molecule has 0 amide bonds. The Morgan fingerprint density at radius 3 is 1.92 bits per heavy atom. The van der Waals surface area contributed by atoms with Crippen LogP contribution in [0.2, 0.25) is 0 Å². The monoisotopic (exact) mass is 163 g/mol. The van der Waals surface area contributed by atoms with Gasteiger partial charge in [-0.1, -0.05) is 17.7 Å². The van der Waals surface area contributed by atoms with Gasteiger partial charge < -0.3 is 5.32 Å². The Morgan fingerprint density at radius 1 is 1.00 bits per heavy atom. The maximum Gasteiger partial charge on any atom is 0.0344 e. The third kappa shape index (κ3) is 2.95. The van der Waals surface area contributed by atoms with Gasteiger partial charge in [0.05, 0.1) is 0 Å². The lowest BCUT2D eigenvalue weighted by atomic mass is 10.1. The Labute approximate surface area is 74.8 Å². The minimum absolute atomic E-state index is 0.148. The Bertz CT molecular complexity index is 241. The Morgan fingerprint density at radius 2 is 1.50 bits per heavy atom. The van der Waals surface area contributed by atoms with E-state index in [9.17, 15) is 0 Å². The Balaban J connectivity index is 2.71. The number of hydrogen-bond acceptors (Lipinski definition) is 1. The van der Waals surface area contributed by atoms with Crippen LogP contribution in [-0.4, -0.2) is 5.54 Å². The molecule has 1 nitrogen and oxygen atoms in total. The van der Waals surface area contributed by atoms with E-state index in [4.69, 9.17) is 0 Å². The average molecular weight is 163 g/mol. The SMILES string of the molecule is Cc1ccc(NC(C)(C)C)cc1. The third-order valence-corrected chi connectivity index (χ3v) is 1.57. The molecule has 66 valence electrons. The van der Waals surface area contributed by atoms with Gasteiger partial charge in [0.25, 0.3) is 0 Å². The summed E-state index contributed by atoms with van der Waals surface area (Å²) in [5.74, 6) is 0. The molecule has 0 aliphatic heterocycles. The molecule has 1 aromatic carbocycles. The molecule has 12 heavy (non-hydrogen) atoms. The first-order valence-electron chi connectivity index (χ1n) is 4.32. The molecule has 0 aromatic heterocycles. The van der Waals surface area contributed by atoms with E-state index in [-0.39, 0.29) is 5.54 Å². The summed E-state index contributed by atoms with van der Waals surface area (Å²) in [6.07, 6.45) is 0. The van der Waals surface area contributed by atoms with Crippen molar-refractivity contribution in [2.75, 3.05) is 5.32 Å². The standard InChI is InChI=1S/C11H17N/c1-9-5-7-10(8-6-9)12-11(2,3)4/h5-8,12H,1-4H3. The highest BCUT2D eigenvalue weighted by Gasteiger charge is 2.07. The van der Waals surface area contributed by atoms with Crippen molar-refractivity contribution in [1.82, 2.24) is 0 Å². The summed E-state index contributed by atoms with van der Waals surface area (Å²) in [5, 5.41) is 3.41. The van der Waals surface area contributed by atoms with Crippen molar-refractivity contribution in [2.45, 2.75) is 33.2 Å². The maximum absolute atomic E-state index is 3.41. The van der Waals surface area contributed by atoms with Gasteiger partial charge in [0, 0.05) is 11.2 Å². The molecule has 0 heterocycles. The minimum Gasteiger partial charge on any atom is -0.380 e. The van der Waals surface area contributed by atoms with E-state index in [1.165, 1.54) is 11.3 Å². The van der Waals surface area contributed by atoms with E-state index in [2.05, 4.69) is 57.3 Å². The number of hydrogen-bond donors (Lipinski definition) is 1. The first-order chi connectivity index (χ1) is 5.47. The fourth-order valence-electron chi connectivity index (χ4n) is 1.07. The summed E-state index contributed by atoms with van der Waals surface area (Å²) >= 11 is 0. The van der Waals surface area contributed by atoms with E-state index in [0.29, 0.717) is 0 Å². The van der Waals surface area contributed by atoms with Crippen molar-refractivity contribution in [3.05, 3.63) is 29.8 Å². The van der Waals surface area contributed by atoms with Crippen LogP contribution in [0.3, 0.4) is 0 Å². The Hall–Kier alpha value is -0.980. The molecule has 0 aliphatic carbocycles. The van der Waals surface area contributed by atoms with Crippen LogP contribution in [0.5, 0.6) is 0 Å². The van der Waals surface area contributed by atoms with E-state index >= 15 is 0 Å². The molecule has 0 aliphatic rings. The minimum atomic E-state index is 0.148. The van der Waals surface area contributed by atoms with E-state index in [0.717, 1.165) is 0 Å². The van der Waals surface area contributed by atoms with E-state index in [1.54, 1.807) is 0 Å². The molecule has 1 rings (SSSR count). The molecule has 0 atom stereocenters. The first-order valence-corrected chi connectivity index (χ1v) is 4.32. The Kier molecular flexibility index (Phi) is 2.41. The third-order valence-electron chi connectivity index (χ3n) is 1.57. The van der Waals surface area contributed by atoms with Crippen LogP contribution >= 0.6 is 0 Å². The highest BCUT2D eigenvalue weighted by atomic mass is 14.9. The van der Waals surface area contributed by atoms with Crippen LogP contribution in [0, 0.1) is 6.92 Å². The molecule has 0 saturated heterocycles. The van der Waals surface area contributed by atoms with Gasteiger partial charge in [0.1, 0.15) is 0 Å². The fraction of sp³-hybridized carbons (Fsp3) is 0.455. The summed E-state index contributed by atoms with van der Waals surface area (Å²) in [4.78, 5) is 0. The van der Waals surface area contributed by atoms with Crippen molar-refractivity contribution in [3.8, 4) is 0 Å². The van der Waals surface area contributed by atoms with Gasteiger partial charge in [-0.25, -0.2) is 0 Å². The summed E-state index contributed by atoms with van der Waals surface area (Å²) in [7, 11) is 0. The highest BCUT2D eigenvalue weighted by molar-refractivity contribution is 5.46. The lowest BCUT2D eigenvalue weighted by molar-refractivity contribution is 0.634. The van der Waals surface area contributed by atoms with Gasteiger partial charge >= 0.3 is 0 Å². The van der Waals surface area contributed by atoms with Crippen LogP contribution in [-0.2, 0) is 0 Å². The predicted octanol–water partition coefficient (Wildman–Crippen LogP) is 3.21. The van der Waals surface area contributed by atoms with Gasteiger partial charge in [0.15, 0.2) is 0 Å². The van der Waals surface area contributed by atoms with Crippen LogP contribution < -0.4 is 5.32 Å². The zero-order chi connectivity index (χ0) is 9.19. The van der Waals surface area contributed by atoms with Crippen LogP contribution in [0.15, 0.2) is 24.3 Å². The van der Waals surface area contributed by atoms with Crippen LogP contribution in [0.4, 0.5) is 5.69 Å². The molecular formula is C11H17N. The second-order valence-corrected chi connectivity index (χ2v) is 4.24. The molecule has 0 bridgehead atoms. The molecular weight excluding hydrogens is 146 g/mol. The quantitative estimate of drug-likeness (QED) is 0.670. The van der Waals surface area contributed by atoms with Crippen molar-refractivity contribution in [3.63, 3.8) is 0 Å². The first kappa shape index (κ1) is 9.11. The fourth-order valence-corrected chi connectivity index (χ4v) is 1.07. The average Bonchev–Trinajstić information content (AvgIpc) is 1.91. The number of nitrogens with one attached hydrogen (secondary N) is 1. The van der Waals surface area contributed by atoms with Gasteiger partial charge in [-0.2, -0.15) is 0 Å². The summed E-state index contributed by atoms with van der Waals surface area (Å²) in [6, 6.07) is 8.46. The van der Waals surface area contributed by atoms with Crippen molar-refractivity contribution < 1.29 is 0 Å². The largest absolute Gasteiger partial charge is 0.380 e.